The molecule has 3 heterocycles. The topological polar surface area (TPSA) is 98.5 Å². The molecule has 1 amide bonds. The highest BCUT2D eigenvalue weighted by molar-refractivity contribution is 7.99. The Morgan fingerprint density at radius 3 is 2.72 bits per heavy atom. The van der Waals surface area contributed by atoms with Crippen LogP contribution < -0.4 is 5.32 Å². The summed E-state index contributed by atoms with van der Waals surface area (Å²) >= 11 is 2.66. The largest absolute Gasteiger partial charge is 0.462 e. The Bertz CT molecular complexity index is 1060. The van der Waals surface area contributed by atoms with Gasteiger partial charge < -0.3 is 10.1 Å². The van der Waals surface area contributed by atoms with Crippen LogP contribution in [0.3, 0.4) is 0 Å². The summed E-state index contributed by atoms with van der Waals surface area (Å²) in [5.74, 6) is 0.223. The summed E-state index contributed by atoms with van der Waals surface area (Å²) in [6, 6.07) is 3.73. The molecule has 8 nitrogen and oxygen atoms in total. The van der Waals surface area contributed by atoms with Crippen LogP contribution in [0.4, 0.5) is 5.00 Å². The number of ether oxygens (including phenoxy) is 1. The van der Waals surface area contributed by atoms with E-state index in [0.717, 1.165) is 16.3 Å². The zero-order chi connectivity index (χ0) is 21.1. The van der Waals surface area contributed by atoms with E-state index in [0.29, 0.717) is 21.5 Å². The predicted octanol–water partition coefficient (Wildman–Crippen LogP) is 3.83. The fraction of sp³-hybridized carbons (Fsp3) is 0.421. The minimum atomic E-state index is -0.431. The molecule has 3 rings (SSSR count). The second-order valence-corrected chi connectivity index (χ2v) is 8.79. The molecule has 0 aromatic carbocycles. The Morgan fingerprint density at radius 2 is 2.03 bits per heavy atom. The lowest BCUT2D eigenvalue weighted by molar-refractivity contribution is -0.113. The van der Waals surface area contributed by atoms with E-state index in [9.17, 15) is 9.59 Å². The number of aryl methyl sites for hydroxylation is 2. The summed E-state index contributed by atoms with van der Waals surface area (Å²) in [6.45, 7) is 9.95. The number of aromatic nitrogens is 4. The zero-order valence-corrected chi connectivity index (χ0v) is 18.6. The molecule has 1 N–H and O–H groups in total. The third-order valence-electron chi connectivity index (χ3n) is 4.06. The number of thioether (sulfide) groups is 1. The van der Waals surface area contributed by atoms with Crippen molar-refractivity contribution >= 4 is 45.8 Å². The summed E-state index contributed by atoms with van der Waals surface area (Å²) in [6.07, 6.45) is 0. The zero-order valence-electron chi connectivity index (χ0n) is 17.0. The monoisotopic (exact) mass is 433 g/mol. The van der Waals surface area contributed by atoms with E-state index in [4.69, 9.17) is 4.74 Å². The molecular formula is C19H23N5O3S2. The number of esters is 1. The molecule has 0 unspecified atom stereocenters. The van der Waals surface area contributed by atoms with Gasteiger partial charge in [0.25, 0.3) is 5.78 Å². The Hall–Kier alpha value is -2.46. The van der Waals surface area contributed by atoms with Gasteiger partial charge in [0.2, 0.25) is 5.91 Å². The van der Waals surface area contributed by atoms with Crippen LogP contribution in [0.2, 0.25) is 0 Å². The predicted molar refractivity (Wildman–Crippen MR) is 114 cm³/mol. The maximum Gasteiger partial charge on any atom is 0.341 e. The molecule has 0 spiro atoms. The van der Waals surface area contributed by atoms with Crippen molar-refractivity contribution in [2.24, 2.45) is 0 Å². The van der Waals surface area contributed by atoms with Crippen molar-refractivity contribution in [3.8, 4) is 0 Å². The van der Waals surface area contributed by atoms with Gasteiger partial charge in [0.05, 0.1) is 17.9 Å². The number of carbonyl (C=O) groups excluding carboxylic acids is 2. The highest BCUT2D eigenvalue weighted by Gasteiger charge is 2.21. The van der Waals surface area contributed by atoms with Crippen LogP contribution in [-0.2, 0) is 9.53 Å². The maximum atomic E-state index is 12.5. The van der Waals surface area contributed by atoms with Gasteiger partial charge in [-0.05, 0) is 38.8 Å². The molecule has 0 aliphatic heterocycles. The van der Waals surface area contributed by atoms with Crippen LogP contribution in [-0.4, -0.2) is 43.8 Å². The van der Waals surface area contributed by atoms with E-state index in [-0.39, 0.29) is 24.2 Å². The first-order valence-electron chi connectivity index (χ1n) is 9.23. The lowest BCUT2D eigenvalue weighted by atomic mass is 10.1. The maximum absolute atomic E-state index is 12.5. The van der Waals surface area contributed by atoms with E-state index in [1.807, 2.05) is 38.2 Å². The van der Waals surface area contributed by atoms with Crippen molar-refractivity contribution in [1.82, 2.24) is 19.6 Å². The van der Waals surface area contributed by atoms with E-state index in [2.05, 4.69) is 20.5 Å². The van der Waals surface area contributed by atoms with Crippen LogP contribution in [0.25, 0.3) is 5.78 Å². The molecule has 0 bridgehead atoms. The van der Waals surface area contributed by atoms with Gasteiger partial charge in [0.1, 0.15) is 5.00 Å². The van der Waals surface area contributed by atoms with E-state index >= 15 is 0 Å². The van der Waals surface area contributed by atoms with Gasteiger partial charge >= 0.3 is 5.97 Å². The SMILES string of the molecule is CCOC(=O)c1cc(C(C)C)sc1NC(=O)CSc1nnc2nc(C)cc(C)n12. The number of carbonyl (C=O) groups is 2. The van der Waals surface area contributed by atoms with Crippen molar-refractivity contribution < 1.29 is 14.3 Å². The highest BCUT2D eigenvalue weighted by atomic mass is 32.2. The average Bonchev–Trinajstić information content (AvgIpc) is 3.24. The molecule has 0 saturated heterocycles. The first kappa shape index (κ1) is 21.3. The third-order valence-corrected chi connectivity index (χ3v) is 6.34. The van der Waals surface area contributed by atoms with Gasteiger partial charge in [0.15, 0.2) is 5.16 Å². The van der Waals surface area contributed by atoms with Crippen molar-refractivity contribution in [2.75, 3.05) is 17.7 Å². The molecule has 3 aromatic rings. The Balaban J connectivity index is 1.74. The fourth-order valence-corrected chi connectivity index (χ4v) is 4.59. The molecule has 3 aromatic heterocycles. The third kappa shape index (κ3) is 4.76. The molecule has 0 aliphatic carbocycles. The van der Waals surface area contributed by atoms with Crippen LogP contribution in [0.15, 0.2) is 17.3 Å². The minimum absolute atomic E-state index is 0.130. The van der Waals surface area contributed by atoms with Crippen molar-refractivity contribution in [1.29, 1.82) is 0 Å². The fourth-order valence-electron chi connectivity index (χ4n) is 2.73. The van der Waals surface area contributed by atoms with Gasteiger partial charge in [-0.3, -0.25) is 9.20 Å². The van der Waals surface area contributed by atoms with E-state index in [1.54, 1.807) is 13.0 Å². The standard InChI is InChI=1S/C19H23N5O3S2/c1-6-27-17(26)13-8-14(10(2)3)29-16(13)21-15(25)9-28-19-23-22-18-20-11(4)7-12(5)24(18)19/h7-8,10H,6,9H2,1-5H3,(H,21,25). The molecule has 0 atom stereocenters. The summed E-state index contributed by atoms with van der Waals surface area (Å²) < 4.78 is 6.93. The summed E-state index contributed by atoms with van der Waals surface area (Å²) in [7, 11) is 0. The molecule has 0 fully saturated rings. The van der Waals surface area contributed by atoms with Gasteiger partial charge in [-0.2, -0.15) is 0 Å². The van der Waals surface area contributed by atoms with E-state index in [1.165, 1.54) is 23.1 Å². The van der Waals surface area contributed by atoms with Gasteiger partial charge in [0, 0.05) is 16.3 Å². The number of rotatable bonds is 7. The van der Waals surface area contributed by atoms with Gasteiger partial charge in [-0.25, -0.2) is 9.78 Å². The normalized spacial score (nSPS) is 11.2. The summed E-state index contributed by atoms with van der Waals surface area (Å²) in [4.78, 5) is 30.1. The number of hydrogen-bond donors (Lipinski definition) is 1. The molecule has 10 heteroatoms. The summed E-state index contributed by atoms with van der Waals surface area (Å²) in [5.41, 5.74) is 2.20. The van der Waals surface area contributed by atoms with Crippen LogP contribution in [0.5, 0.6) is 0 Å². The minimum Gasteiger partial charge on any atom is -0.462 e. The molecule has 0 aliphatic rings. The van der Waals surface area contributed by atoms with Gasteiger partial charge in [-0.15, -0.1) is 21.5 Å². The number of hydrogen-bond acceptors (Lipinski definition) is 8. The molecule has 29 heavy (non-hydrogen) atoms. The van der Waals surface area contributed by atoms with Crippen molar-refractivity contribution in [3.63, 3.8) is 0 Å². The average molecular weight is 434 g/mol. The first-order valence-corrected chi connectivity index (χ1v) is 11.0. The van der Waals surface area contributed by atoms with Crippen molar-refractivity contribution in [2.45, 2.75) is 45.7 Å². The Kier molecular flexibility index (Phi) is 6.53. The Labute approximate surface area is 177 Å². The highest BCUT2D eigenvalue weighted by Crippen LogP contribution is 2.33. The molecular weight excluding hydrogens is 410 g/mol. The summed E-state index contributed by atoms with van der Waals surface area (Å²) in [5, 5.41) is 12.2. The van der Waals surface area contributed by atoms with Gasteiger partial charge in [-0.1, -0.05) is 25.6 Å². The molecule has 0 saturated carbocycles. The Morgan fingerprint density at radius 1 is 1.28 bits per heavy atom. The quantitative estimate of drug-likeness (QED) is 0.446. The number of fused-ring (bicyclic) bond motifs is 1. The number of thiophene rings is 1. The van der Waals surface area contributed by atoms with E-state index < -0.39 is 5.97 Å². The number of nitrogens with zero attached hydrogens (tertiary/aromatic N) is 4. The number of anilines is 1. The molecule has 154 valence electrons. The van der Waals surface area contributed by atoms with Crippen molar-refractivity contribution in [3.05, 3.63) is 34.0 Å². The smallest absolute Gasteiger partial charge is 0.341 e. The number of nitrogens with one attached hydrogen (secondary N) is 1. The van der Waals surface area contributed by atoms with Crippen LogP contribution in [0.1, 0.15) is 53.3 Å². The lowest BCUT2D eigenvalue weighted by Gasteiger charge is -2.06. The second-order valence-electron chi connectivity index (χ2n) is 6.76. The van der Waals surface area contributed by atoms with Crippen LogP contribution in [0, 0.1) is 13.8 Å². The molecule has 0 radical (unpaired) electrons. The second kappa shape index (κ2) is 8.91. The van der Waals surface area contributed by atoms with Crippen LogP contribution >= 0.6 is 23.1 Å². The first-order chi connectivity index (χ1) is 13.8. The lowest BCUT2D eigenvalue weighted by Crippen LogP contribution is -2.16. The number of amides is 1.